The Morgan fingerprint density at radius 2 is 2.00 bits per heavy atom. The first kappa shape index (κ1) is 23.7. The lowest BCUT2D eigenvalue weighted by Gasteiger charge is -2.40. The minimum absolute atomic E-state index is 0.317. The molecule has 1 aromatic carbocycles. The summed E-state index contributed by atoms with van der Waals surface area (Å²) in [5.41, 5.74) is 0.981. The van der Waals surface area contributed by atoms with Gasteiger partial charge in [0.05, 0.1) is 16.8 Å². The summed E-state index contributed by atoms with van der Waals surface area (Å²) in [6, 6.07) is 7.00. The summed E-state index contributed by atoms with van der Waals surface area (Å²) in [5, 5.41) is 2.44. The Balaban J connectivity index is 1.30. The Labute approximate surface area is 211 Å². The number of hydrogen-bond donors (Lipinski definition) is 1. The van der Waals surface area contributed by atoms with Gasteiger partial charge >= 0.3 is 12.1 Å². The van der Waals surface area contributed by atoms with Crippen LogP contribution in [0.2, 0.25) is 0 Å². The number of aromatic nitrogens is 1. The topological polar surface area (TPSA) is 111 Å². The SMILES string of the molecule is CCOC(=O)N1CCN(C2=NC3C(C(=O)NC(=O)N3C)N2CCSc2nc3ccccc3s2)CC1. The molecular weight excluding hydrogens is 490 g/mol. The Hall–Kier alpha value is -3.06. The van der Waals surface area contributed by atoms with Gasteiger partial charge in [0.25, 0.3) is 5.91 Å². The molecular formula is C22H27N7O4S2. The smallest absolute Gasteiger partial charge is 0.409 e. The van der Waals surface area contributed by atoms with E-state index in [9.17, 15) is 14.4 Å². The molecule has 0 saturated carbocycles. The summed E-state index contributed by atoms with van der Waals surface area (Å²) in [6.45, 7) is 4.83. The van der Waals surface area contributed by atoms with Crippen LogP contribution in [-0.4, -0.2) is 113 Å². The van der Waals surface area contributed by atoms with Crippen LogP contribution in [0.4, 0.5) is 9.59 Å². The normalized spacial score (nSPS) is 22.4. The van der Waals surface area contributed by atoms with Gasteiger partial charge < -0.3 is 24.3 Å². The number of amides is 4. The number of ether oxygens (including phenoxy) is 1. The molecule has 0 radical (unpaired) electrons. The van der Waals surface area contributed by atoms with Gasteiger partial charge in [0.1, 0.15) is 0 Å². The van der Waals surface area contributed by atoms with E-state index in [0.29, 0.717) is 51.0 Å². The molecule has 0 spiro atoms. The van der Waals surface area contributed by atoms with Gasteiger partial charge in [0.15, 0.2) is 22.5 Å². The van der Waals surface area contributed by atoms with E-state index in [4.69, 9.17) is 9.73 Å². The van der Waals surface area contributed by atoms with Gasteiger partial charge in [0, 0.05) is 45.5 Å². The minimum Gasteiger partial charge on any atom is -0.450 e. The van der Waals surface area contributed by atoms with Crippen molar-refractivity contribution < 1.29 is 19.1 Å². The van der Waals surface area contributed by atoms with Crippen molar-refractivity contribution >= 4 is 57.3 Å². The van der Waals surface area contributed by atoms with Crippen molar-refractivity contribution in [2.24, 2.45) is 4.99 Å². The maximum absolute atomic E-state index is 12.9. The molecule has 4 amide bonds. The van der Waals surface area contributed by atoms with Gasteiger partial charge in [-0.05, 0) is 19.1 Å². The molecule has 4 heterocycles. The number of piperazine rings is 1. The number of nitrogens with one attached hydrogen (secondary N) is 1. The molecule has 2 unspecified atom stereocenters. The lowest BCUT2D eigenvalue weighted by Crippen LogP contribution is -2.65. The second-order valence-corrected chi connectivity index (χ2v) is 10.7. The zero-order chi connectivity index (χ0) is 24.5. The maximum atomic E-state index is 12.9. The molecule has 35 heavy (non-hydrogen) atoms. The number of fused-ring (bicyclic) bond motifs is 2. The molecule has 13 heteroatoms. The van der Waals surface area contributed by atoms with Crippen LogP contribution in [-0.2, 0) is 9.53 Å². The summed E-state index contributed by atoms with van der Waals surface area (Å²) in [5.74, 6) is 1.05. The maximum Gasteiger partial charge on any atom is 0.409 e. The summed E-state index contributed by atoms with van der Waals surface area (Å²) < 4.78 is 7.24. The molecule has 2 aromatic rings. The third kappa shape index (κ3) is 4.61. The number of hydrogen-bond acceptors (Lipinski definition) is 10. The first-order chi connectivity index (χ1) is 17.0. The Morgan fingerprint density at radius 1 is 1.23 bits per heavy atom. The summed E-state index contributed by atoms with van der Waals surface area (Å²) in [4.78, 5) is 53.9. The number of benzene rings is 1. The number of nitrogens with zero attached hydrogens (tertiary/aromatic N) is 6. The molecule has 11 nitrogen and oxygen atoms in total. The Morgan fingerprint density at radius 3 is 2.74 bits per heavy atom. The molecule has 0 aliphatic carbocycles. The van der Waals surface area contributed by atoms with E-state index in [0.717, 1.165) is 14.6 Å². The van der Waals surface area contributed by atoms with Crippen molar-refractivity contribution in [1.82, 2.24) is 29.9 Å². The van der Waals surface area contributed by atoms with Crippen LogP contribution < -0.4 is 5.32 Å². The third-order valence-electron chi connectivity index (χ3n) is 6.26. The standard InChI is InChI=1S/C22H27N7O4S2/c1-3-33-22(32)28-10-8-27(9-11-28)19-24-17-16(18(30)25-20(31)26(17)2)29(19)12-13-34-21-23-14-6-4-5-7-15(14)35-21/h4-7,16-17H,3,8-13H2,1-2H3,(H,25,30,31). The van der Waals surface area contributed by atoms with E-state index >= 15 is 0 Å². The lowest BCUT2D eigenvalue weighted by molar-refractivity contribution is -0.127. The molecule has 2 atom stereocenters. The van der Waals surface area contributed by atoms with Crippen LogP contribution in [0, 0.1) is 0 Å². The molecule has 186 valence electrons. The third-order valence-corrected chi connectivity index (χ3v) is 8.42. The minimum atomic E-state index is -0.591. The Bertz CT molecular complexity index is 1130. The predicted octanol–water partition coefficient (Wildman–Crippen LogP) is 1.71. The molecule has 3 aliphatic rings. The van der Waals surface area contributed by atoms with Crippen LogP contribution >= 0.6 is 23.1 Å². The molecule has 5 rings (SSSR count). The van der Waals surface area contributed by atoms with Crippen molar-refractivity contribution in [2.75, 3.05) is 52.1 Å². The Kier molecular flexibility index (Phi) is 6.69. The lowest BCUT2D eigenvalue weighted by atomic mass is 10.1. The highest BCUT2D eigenvalue weighted by Crippen LogP contribution is 2.31. The van der Waals surface area contributed by atoms with Crippen LogP contribution in [0.3, 0.4) is 0 Å². The number of aliphatic imine (C=N–C) groups is 1. The van der Waals surface area contributed by atoms with Crippen molar-refractivity contribution in [1.29, 1.82) is 0 Å². The number of rotatable bonds is 5. The fraction of sp³-hybridized carbons (Fsp3) is 0.500. The second-order valence-electron chi connectivity index (χ2n) is 8.36. The number of carbonyl (C=O) groups excluding carboxylic acids is 3. The van der Waals surface area contributed by atoms with Crippen LogP contribution in [0.15, 0.2) is 33.6 Å². The summed E-state index contributed by atoms with van der Waals surface area (Å²) >= 11 is 3.29. The fourth-order valence-electron chi connectivity index (χ4n) is 4.46. The van der Waals surface area contributed by atoms with E-state index < -0.39 is 18.2 Å². The fourth-order valence-corrected chi connectivity index (χ4v) is 6.54. The zero-order valence-electron chi connectivity index (χ0n) is 19.5. The number of carbonyl (C=O) groups is 3. The molecule has 3 aliphatic heterocycles. The zero-order valence-corrected chi connectivity index (χ0v) is 21.2. The highest BCUT2D eigenvalue weighted by Gasteiger charge is 2.49. The first-order valence-corrected chi connectivity index (χ1v) is 13.3. The van der Waals surface area contributed by atoms with Gasteiger partial charge in [-0.25, -0.2) is 19.6 Å². The van der Waals surface area contributed by atoms with Gasteiger partial charge in [-0.15, -0.1) is 11.3 Å². The number of para-hydroxylation sites is 1. The van der Waals surface area contributed by atoms with Gasteiger partial charge in [-0.1, -0.05) is 23.9 Å². The van der Waals surface area contributed by atoms with Crippen molar-refractivity contribution in [3.8, 4) is 0 Å². The summed E-state index contributed by atoms with van der Waals surface area (Å²) in [7, 11) is 1.65. The number of guanidine groups is 1. The van der Waals surface area contributed by atoms with E-state index in [1.165, 1.54) is 4.90 Å². The number of urea groups is 1. The summed E-state index contributed by atoms with van der Waals surface area (Å²) in [6.07, 6.45) is -0.898. The number of thioether (sulfide) groups is 1. The van der Waals surface area contributed by atoms with Gasteiger partial charge in [-0.3, -0.25) is 10.1 Å². The first-order valence-electron chi connectivity index (χ1n) is 11.5. The van der Waals surface area contributed by atoms with Gasteiger partial charge in [-0.2, -0.15) is 0 Å². The average molecular weight is 518 g/mol. The highest BCUT2D eigenvalue weighted by atomic mass is 32.2. The van der Waals surface area contributed by atoms with Crippen LogP contribution in [0.1, 0.15) is 6.92 Å². The van der Waals surface area contributed by atoms with Crippen LogP contribution in [0.25, 0.3) is 10.2 Å². The monoisotopic (exact) mass is 517 g/mol. The van der Waals surface area contributed by atoms with E-state index in [-0.39, 0.29) is 12.0 Å². The molecule has 0 bridgehead atoms. The highest BCUT2D eigenvalue weighted by molar-refractivity contribution is 8.01. The van der Waals surface area contributed by atoms with E-state index in [2.05, 4.69) is 21.3 Å². The van der Waals surface area contributed by atoms with Crippen molar-refractivity contribution in [2.45, 2.75) is 23.5 Å². The van der Waals surface area contributed by atoms with E-state index in [1.807, 2.05) is 23.1 Å². The van der Waals surface area contributed by atoms with Crippen molar-refractivity contribution in [3.63, 3.8) is 0 Å². The molecule has 2 fully saturated rings. The largest absolute Gasteiger partial charge is 0.450 e. The quantitative estimate of drug-likeness (QED) is 0.597. The molecule has 2 saturated heterocycles. The average Bonchev–Trinajstić information content (AvgIpc) is 3.45. The molecule has 1 aromatic heterocycles. The predicted molar refractivity (Wildman–Crippen MR) is 134 cm³/mol. The van der Waals surface area contributed by atoms with Crippen LogP contribution in [0.5, 0.6) is 0 Å². The van der Waals surface area contributed by atoms with E-state index in [1.54, 1.807) is 42.0 Å². The second kappa shape index (κ2) is 9.90. The van der Waals surface area contributed by atoms with Gasteiger partial charge in [0.2, 0.25) is 0 Å². The number of thiazole rings is 1. The molecule has 1 N–H and O–H groups in total. The van der Waals surface area contributed by atoms with Crippen molar-refractivity contribution in [3.05, 3.63) is 24.3 Å². The number of likely N-dealkylation sites (N-methyl/N-ethyl adjacent to an activating group) is 1. The number of imide groups is 1.